The highest BCUT2D eigenvalue weighted by atomic mass is 16.5. The third-order valence-electron chi connectivity index (χ3n) is 2.62. The molecule has 90 valence electrons. The van der Waals surface area contributed by atoms with Crippen LogP contribution in [0.15, 0.2) is 35.1 Å². The van der Waals surface area contributed by atoms with Gasteiger partial charge in [0, 0.05) is 11.5 Å². The van der Waals surface area contributed by atoms with Gasteiger partial charge in [-0.15, -0.1) is 4.73 Å². The third kappa shape index (κ3) is 2.25. The van der Waals surface area contributed by atoms with Crippen LogP contribution in [0.3, 0.4) is 0 Å². The minimum Gasteiger partial charge on any atom is -0.493 e. The van der Waals surface area contributed by atoms with Crippen molar-refractivity contribution in [3.8, 4) is 5.75 Å². The molecule has 4 heteroatoms. The molecule has 0 amide bonds. The van der Waals surface area contributed by atoms with Crippen LogP contribution in [0.5, 0.6) is 5.75 Å². The van der Waals surface area contributed by atoms with Crippen molar-refractivity contribution in [2.24, 2.45) is 0 Å². The molecule has 0 atom stereocenters. The van der Waals surface area contributed by atoms with Crippen LogP contribution in [0.4, 0.5) is 0 Å². The first kappa shape index (κ1) is 11.5. The largest absolute Gasteiger partial charge is 0.493 e. The van der Waals surface area contributed by atoms with E-state index in [0.717, 1.165) is 18.2 Å². The van der Waals surface area contributed by atoms with Crippen LogP contribution in [0.25, 0.3) is 10.9 Å². The molecular formula is C13H15NO3. The number of nitrogens with zero attached hydrogens (tertiary/aromatic N) is 1. The van der Waals surface area contributed by atoms with E-state index in [1.165, 1.54) is 6.07 Å². The fourth-order valence-electron chi connectivity index (χ4n) is 1.68. The molecule has 1 N–H and O–H groups in total. The van der Waals surface area contributed by atoms with E-state index in [9.17, 15) is 10.0 Å². The molecule has 0 spiro atoms. The third-order valence-corrected chi connectivity index (χ3v) is 2.62. The second kappa shape index (κ2) is 4.91. The first-order valence-corrected chi connectivity index (χ1v) is 5.71. The Hall–Kier alpha value is -1.97. The van der Waals surface area contributed by atoms with Gasteiger partial charge in [0.2, 0.25) is 0 Å². The first-order chi connectivity index (χ1) is 8.24. The van der Waals surface area contributed by atoms with E-state index < -0.39 is 5.56 Å². The molecule has 0 aliphatic rings. The minimum atomic E-state index is -0.477. The normalized spacial score (nSPS) is 10.6. The van der Waals surface area contributed by atoms with Crippen LogP contribution in [-0.2, 0) is 0 Å². The molecule has 0 saturated heterocycles. The number of rotatable bonds is 4. The molecule has 0 aliphatic heterocycles. The monoisotopic (exact) mass is 233 g/mol. The number of pyridine rings is 1. The number of benzene rings is 1. The lowest BCUT2D eigenvalue weighted by Crippen LogP contribution is -2.17. The summed E-state index contributed by atoms with van der Waals surface area (Å²) in [7, 11) is 0. The molecule has 0 fully saturated rings. The molecule has 1 aromatic heterocycles. The van der Waals surface area contributed by atoms with Gasteiger partial charge in [0.05, 0.1) is 12.1 Å². The lowest BCUT2D eigenvalue weighted by molar-refractivity contribution is 0.187. The molecule has 1 aromatic carbocycles. The predicted molar refractivity (Wildman–Crippen MR) is 65.8 cm³/mol. The van der Waals surface area contributed by atoms with E-state index in [2.05, 4.69) is 6.92 Å². The van der Waals surface area contributed by atoms with Gasteiger partial charge in [0.15, 0.2) is 0 Å². The lowest BCUT2D eigenvalue weighted by atomic mass is 10.2. The molecule has 0 aliphatic carbocycles. The van der Waals surface area contributed by atoms with Gasteiger partial charge in [-0.05, 0) is 18.6 Å². The standard InChI is InChI=1S/C13H15NO3/c1-2-3-8-17-12-9-13(15)14(16)11-7-5-4-6-10(11)12/h4-7,9,16H,2-3,8H2,1H3. The molecule has 2 aromatic rings. The summed E-state index contributed by atoms with van der Waals surface area (Å²) in [5, 5.41) is 10.3. The lowest BCUT2D eigenvalue weighted by Gasteiger charge is -2.10. The van der Waals surface area contributed by atoms with Crippen LogP contribution in [-0.4, -0.2) is 16.5 Å². The molecule has 4 nitrogen and oxygen atoms in total. The molecule has 1 heterocycles. The van der Waals surface area contributed by atoms with Gasteiger partial charge in [-0.25, -0.2) is 0 Å². The fraction of sp³-hybridized carbons (Fsp3) is 0.308. The van der Waals surface area contributed by atoms with Gasteiger partial charge in [-0.3, -0.25) is 4.79 Å². The van der Waals surface area contributed by atoms with Crippen molar-refractivity contribution in [3.05, 3.63) is 40.7 Å². The van der Waals surface area contributed by atoms with Crippen molar-refractivity contribution >= 4 is 10.9 Å². The van der Waals surface area contributed by atoms with Crippen molar-refractivity contribution in [1.82, 2.24) is 4.73 Å². The quantitative estimate of drug-likeness (QED) is 0.651. The summed E-state index contributed by atoms with van der Waals surface area (Å²) < 4.78 is 6.21. The zero-order valence-electron chi connectivity index (χ0n) is 9.72. The molecule has 17 heavy (non-hydrogen) atoms. The van der Waals surface area contributed by atoms with Crippen molar-refractivity contribution in [1.29, 1.82) is 0 Å². The Morgan fingerprint density at radius 3 is 2.88 bits per heavy atom. The zero-order chi connectivity index (χ0) is 12.3. The number of hydrogen-bond donors (Lipinski definition) is 1. The number of ether oxygens (including phenoxy) is 1. The maximum absolute atomic E-state index is 11.5. The molecule has 0 unspecified atom stereocenters. The highest BCUT2D eigenvalue weighted by molar-refractivity contribution is 5.84. The van der Waals surface area contributed by atoms with Crippen molar-refractivity contribution < 1.29 is 9.94 Å². The molecule has 0 bridgehead atoms. The van der Waals surface area contributed by atoms with Gasteiger partial charge >= 0.3 is 0 Å². The van der Waals surface area contributed by atoms with Crippen LogP contribution in [0.2, 0.25) is 0 Å². The number of unbranched alkanes of at least 4 members (excludes halogenated alkanes) is 1. The Bertz CT molecular complexity index is 574. The number of fused-ring (bicyclic) bond motifs is 1. The Morgan fingerprint density at radius 1 is 1.35 bits per heavy atom. The van der Waals surface area contributed by atoms with E-state index in [4.69, 9.17) is 4.74 Å². The minimum absolute atomic E-state index is 0.464. The summed E-state index contributed by atoms with van der Waals surface area (Å²) in [6, 6.07) is 8.44. The summed E-state index contributed by atoms with van der Waals surface area (Å²) >= 11 is 0. The second-order valence-corrected chi connectivity index (χ2v) is 3.88. The van der Waals surface area contributed by atoms with E-state index in [1.54, 1.807) is 12.1 Å². The van der Waals surface area contributed by atoms with Crippen LogP contribution in [0.1, 0.15) is 19.8 Å². The van der Waals surface area contributed by atoms with Gasteiger partial charge in [-0.1, -0.05) is 25.5 Å². The molecule has 2 rings (SSSR count). The average molecular weight is 233 g/mol. The summed E-state index contributed by atoms with van der Waals surface area (Å²) in [4.78, 5) is 11.5. The van der Waals surface area contributed by atoms with Gasteiger partial charge in [0.25, 0.3) is 5.56 Å². The Balaban J connectivity index is 2.48. The molecular weight excluding hydrogens is 218 g/mol. The maximum Gasteiger partial charge on any atom is 0.287 e. The summed E-state index contributed by atoms with van der Waals surface area (Å²) in [5.41, 5.74) is -0.0123. The van der Waals surface area contributed by atoms with E-state index >= 15 is 0 Å². The van der Waals surface area contributed by atoms with Crippen molar-refractivity contribution in [2.45, 2.75) is 19.8 Å². The van der Waals surface area contributed by atoms with Gasteiger partial charge in [0.1, 0.15) is 5.75 Å². The van der Waals surface area contributed by atoms with Gasteiger partial charge < -0.3 is 9.94 Å². The number of aromatic nitrogens is 1. The molecule has 0 radical (unpaired) electrons. The fourth-order valence-corrected chi connectivity index (χ4v) is 1.68. The summed E-state index contributed by atoms with van der Waals surface area (Å²) in [5.74, 6) is 0.532. The van der Waals surface area contributed by atoms with Crippen molar-refractivity contribution in [2.75, 3.05) is 6.61 Å². The Kier molecular flexibility index (Phi) is 3.32. The number of hydrogen-bond acceptors (Lipinski definition) is 3. The van der Waals surface area contributed by atoms with Crippen LogP contribution < -0.4 is 10.3 Å². The SMILES string of the molecule is CCCCOc1cc(=O)n(O)c2ccccc12. The average Bonchev–Trinajstić information content (AvgIpc) is 2.36. The van der Waals surface area contributed by atoms with E-state index in [0.29, 0.717) is 22.6 Å². The van der Waals surface area contributed by atoms with Crippen LogP contribution >= 0.6 is 0 Å². The smallest absolute Gasteiger partial charge is 0.287 e. The highest BCUT2D eigenvalue weighted by Gasteiger charge is 2.08. The van der Waals surface area contributed by atoms with E-state index in [-0.39, 0.29) is 0 Å². The van der Waals surface area contributed by atoms with Gasteiger partial charge in [-0.2, -0.15) is 0 Å². The van der Waals surface area contributed by atoms with Crippen molar-refractivity contribution in [3.63, 3.8) is 0 Å². The summed E-state index contributed by atoms with van der Waals surface area (Å²) in [6.45, 7) is 2.66. The summed E-state index contributed by atoms with van der Waals surface area (Å²) in [6.07, 6.45) is 1.98. The highest BCUT2D eigenvalue weighted by Crippen LogP contribution is 2.22. The second-order valence-electron chi connectivity index (χ2n) is 3.88. The predicted octanol–water partition coefficient (Wildman–Crippen LogP) is 2.42. The maximum atomic E-state index is 11.5. The number of para-hydroxylation sites is 1. The van der Waals surface area contributed by atoms with E-state index in [1.807, 2.05) is 12.1 Å². The Labute approximate surface area is 99.0 Å². The first-order valence-electron chi connectivity index (χ1n) is 5.71. The topological polar surface area (TPSA) is 51.5 Å². The Morgan fingerprint density at radius 2 is 2.12 bits per heavy atom. The van der Waals surface area contributed by atoms with Crippen LogP contribution in [0, 0.1) is 0 Å². The molecule has 0 saturated carbocycles. The zero-order valence-corrected chi connectivity index (χ0v) is 9.72.